The summed E-state index contributed by atoms with van der Waals surface area (Å²) in [6.45, 7) is 0.639. The quantitative estimate of drug-likeness (QED) is 0.166. The highest BCUT2D eigenvalue weighted by atomic mass is 16.5. The number of amides is 2. The molecule has 1 atom stereocenters. The fourth-order valence-electron chi connectivity index (χ4n) is 5.58. The Morgan fingerprint density at radius 3 is 2.33 bits per heavy atom. The number of aromatic amines is 1. The zero-order valence-corrected chi connectivity index (χ0v) is 25.2. The lowest BCUT2D eigenvalue weighted by Gasteiger charge is -2.28. The normalized spacial score (nSPS) is 16.7. The number of hydrogen-bond acceptors (Lipinski definition) is 9. The van der Waals surface area contributed by atoms with E-state index in [-0.39, 0.29) is 17.7 Å². The number of H-pyrrole nitrogens is 1. The molecule has 1 saturated carbocycles. The molecule has 46 heavy (non-hydrogen) atoms. The maximum absolute atomic E-state index is 13.6. The largest absolute Gasteiger partial charge is 0.437 e. The summed E-state index contributed by atoms with van der Waals surface area (Å²) < 4.78 is 5.75. The summed E-state index contributed by atoms with van der Waals surface area (Å²) in [6.07, 6.45) is 8.78. The zero-order chi connectivity index (χ0) is 31.7. The highest BCUT2D eigenvalue weighted by Gasteiger charge is 2.29. The molecule has 5 N–H and O–H groups in total. The van der Waals surface area contributed by atoms with Crippen molar-refractivity contribution in [2.75, 3.05) is 11.9 Å². The Morgan fingerprint density at radius 1 is 0.913 bits per heavy atom. The van der Waals surface area contributed by atoms with Crippen LogP contribution in [0.1, 0.15) is 31.2 Å². The van der Waals surface area contributed by atoms with E-state index in [9.17, 15) is 9.59 Å². The Labute approximate surface area is 266 Å². The summed E-state index contributed by atoms with van der Waals surface area (Å²) >= 11 is 0. The van der Waals surface area contributed by atoms with Crippen molar-refractivity contribution < 1.29 is 14.3 Å². The number of nitrogens with two attached hydrogens (primary N) is 1. The van der Waals surface area contributed by atoms with Crippen LogP contribution in [-0.2, 0) is 16.0 Å². The molecule has 1 unspecified atom stereocenters. The van der Waals surface area contributed by atoms with Gasteiger partial charge in [0.1, 0.15) is 11.8 Å². The Morgan fingerprint density at radius 2 is 1.67 bits per heavy atom. The summed E-state index contributed by atoms with van der Waals surface area (Å²) in [6, 6.07) is 21.6. The van der Waals surface area contributed by atoms with Crippen LogP contribution >= 0.6 is 0 Å². The van der Waals surface area contributed by atoms with Crippen LogP contribution in [0, 0.1) is 11.8 Å². The third kappa shape index (κ3) is 7.77. The molecule has 0 radical (unpaired) electrons. The first kappa shape index (κ1) is 30.5. The number of nitrogens with zero attached hydrogens (tertiary/aromatic N) is 5. The van der Waals surface area contributed by atoms with Gasteiger partial charge in [0.05, 0.1) is 6.20 Å². The lowest BCUT2D eigenvalue weighted by molar-refractivity contribution is -0.130. The van der Waals surface area contributed by atoms with Gasteiger partial charge in [0, 0.05) is 47.6 Å². The first-order valence-corrected chi connectivity index (χ1v) is 15.3. The van der Waals surface area contributed by atoms with Crippen molar-refractivity contribution >= 4 is 17.5 Å². The highest BCUT2D eigenvalue weighted by molar-refractivity contribution is 5.97. The van der Waals surface area contributed by atoms with Crippen LogP contribution in [0.5, 0.6) is 11.6 Å². The molecule has 0 bridgehead atoms. The molecule has 0 aliphatic heterocycles. The van der Waals surface area contributed by atoms with Crippen LogP contribution in [0.3, 0.4) is 0 Å². The molecule has 6 rings (SSSR count). The van der Waals surface area contributed by atoms with Gasteiger partial charge in [0.15, 0.2) is 0 Å². The second-order valence-electron chi connectivity index (χ2n) is 11.4. The average molecular weight is 618 g/mol. The molecular weight excluding hydrogens is 582 g/mol. The van der Waals surface area contributed by atoms with Crippen LogP contribution in [0.25, 0.3) is 22.5 Å². The van der Waals surface area contributed by atoms with Gasteiger partial charge in [-0.1, -0.05) is 24.3 Å². The van der Waals surface area contributed by atoms with E-state index in [0.29, 0.717) is 42.0 Å². The van der Waals surface area contributed by atoms with E-state index in [2.05, 4.69) is 41.2 Å². The molecule has 234 valence electrons. The van der Waals surface area contributed by atoms with Crippen molar-refractivity contribution in [3.63, 3.8) is 0 Å². The fourth-order valence-corrected chi connectivity index (χ4v) is 5.58. The van der Waals surface area contributed by atoms with Gasteiger partial charge in [-0.3, -0.25) is 14.6 Å². The zero-order valence-electron chi connectivity index (χ0n) is 25.2. The molecular formula is C34H35N9O3. The van der Waals surface area contributed by atoms with Crippen LogP contribution in [0.4, 0.5) is 5.69 Å². The van der Waals surface area contributed by atoms with Gasteiger partial charge >= 0.3 is 0 Å². The number of aromatic nitrogens is 6. The Hall–Kier alpha value is -5.49. The molecule has 3 heterocycles. The van der Waals surface area contributed by atoms with Gasteiger partial charge in [-0.15, -0.1) is 10.2 Å². The molecule has 12 nitrogen and oxygen atoms in total. The molecule has 2 aromatic carbocycles. The van der Waals surface area contributed by atoms with E-state index >= 15 is 0 Å². The molecule has 12 heteroatoms. The van der Waals surface area contributed by atoms with Crippen LogP contribution in [-0.4, -0.2) is 55.0 Å². The number of ether oxygens (including phenoxy) is 1. The topological polar surface area (TPSA) is 174 Å². The first-order valence-electron chi connectivity index (χ1n) is 15.3. The summed E-state index contributed by atoms with van der Waals surface area (Å²) in [5, 5.41) is 20.0. The average Bonchev–Trinajstić information content (AvgIpc) is 3.65. The summed E-state index contributed by atoms with van der Waals surface area (Å²) in [5.41, 5.74) is 10.0. The number of rotatable bonds is 11. The van der Waals surface area contributed by atoms with Crippen molar-refractivity contribution in [2.45, 2.75) is 38.1 Å². The number of pyridine rings is 2. The van der Waals surface area contributed by atoms with Gasteiger partial charge in [0.25, 0.3) is 0 Å². The number of carbonyl (C=O) groups excluding carboxylic acids is 2. The number of hydrogen-bond donors (Lipinski definition) is 4. The number of tetrazole rings is 1. The summed E-state index contributed by atoms with van der Waals surface area (Å²) in [7, 11) is 0. The Kier molecular flexibility index (Phi) is 9.64. The smallest absolute Gasteiger partial charge is 0.247 e. The van der Waals surface area contributed by atoms with Gasteiger partial charge in [-0.05, 0) is 97.0 Å². The summed E-state index contributed by atoms with van der Waals surface area (Å²) in [5.74, 6) is 1.47. The standard InChI is InChI=1S/C34H35N9O3/c35-19-23-5-9-26(10-6-23)33(44)39-30(34(45)38-28-14-11-25(12-15-28)32-40-42-43-41-32)18-22-3-7-24(8-4-22)27-13-16-31(37-20-27)46-29-2-1-17-36-21-29/h1-4,7-8,11-17,20-21,23,26,30H,5-6,9-10,18-19,35H2,(H,38,45)(H,39,44)(H,40,41,42,43). The number of nitrogens with one attached hydrogen (secondary N) is 3. The van der Waals surface area contributed by atoms with E-state index in [0.717, 1.165) is 47.9 Å². The van der Waals surface area contributed by atoms with E-state index in [1.54, 1.807) is 48.9 Å². The minimum atomic E-state index is -0.770. The number of carbonyl (C=O) groups is 2. The molecule has 1 aliphatic rings. The second kappa shape index (κ2) is 14.5. The van der Waals surface area contributed by atoms with E-state index in [1.165, 1.54) is 0 Å². The molecule has 0 saturated heterocycles. The second-order valence-corrected chi connectivity index (χ2v) is 11.4. The molecule has 2 amide bonds. The van der Waals surface area contributed by atoms with E-state index in [4.69, 9.17) is 10.5 Å². The van der Waals surface area contributed by atoms with Gasteiger partial charge < -0.3 is 21.1 Å². The van der Waals surface area contributed by atoms with Gasteiger partial charge in [-0.2, -0.15) is 5.21 Å². The third-order valence-electron chi connectivity index (χ3n) is 8.26. The van der Waals surface area contributed by atoms with Crippen LogP contribution in [0.2, 0.25) is 0 Å². The molecule has 1 fully saturated rings. The molecule has 3 aromatic heterocycles. The van der Waals surface area contributed by atoms with Crippen molar-refractivity contribution in [1.29, 1.82) is 0 Å². The SMILES string of the molecule is NCC1CCC(C(=O)NC(Cc2ccc(-c3ccc(Oc4cccnc4)nc3)cc2)C(=O)Nc2ccc(-c3nn[nH]n3)cc2)CC1. The third-order valence-corrected chi connectivity index (χ3v) is 8.26. The van der Waals surface area contributed by atoms with E-state index < -0.39 is 6.04 Å². The lowest BCUT2D eigenvalue weighted by Crippen LogP contribution is -2.48. The molecule has 5 aromatic rings. The lowest BCUT2D eigenvalue weighted by atomic mass is 9.81. The first-order chi connectivity index (χ1) is 22.5. The van der Waals surface area contributed by atoms with Gasteiger partial charge in [-0.25, -0.2) is 4.98 Å². The van der Waals surface area contributed by atoms with Crippen molar-refractivity contribution in [3.05, 3.63) is 97.0 Å². The van der Waals surface area contributed by atoms with Crippen LogP contribution < -0.4 is 21.1 Å². The molecule has 0 spiro atoms. The highest BCUT2D eigenvalue weighted by Crippen LogP contribution is 2.29. The maximum atomic E-state index is 13.6. The predicted octanol–water partition coefficient (Wildman–Crippen LogP) is 4.55. The number of benzene rings is 2. The van der Waals surface area contributed by atoms with E-state index in [1.807, 2.05) is 42.5 Å². The predicted molar refractivity (Wildman–Crippen MR) is 172 cm³/mol. The minimum absolute atomic E-state index is 0.0978. The maximum Gasteiger partial charge on any atom is 0.247 e. The van der Waals surface area contributed by atoms with Gasteiger partial charge in [0.2, 0.25) is 23.5 Å². The monoisotopic (exact) mass is 617 g/mol. The van der Waals surface area contributed by atoms with Crippen molar-refractivity contribution in [3.8, 4) is 34.1 Å². The minimum Gasteiger partial charge on any atom is -0.437 e. The Bertz CT molecular complexity index is 1710. The number of anilines is 1. The molecule has 1 aliphatic carbocycles. The van der Waals surface area contributed by atoms with Crippen molar-refractivity contribution in [2.24, 2.45) is 17.6 Å². The summed E-state index contributed by atoms with van der Waals surface area (Å²) in [4.78, 5) is 35.4. The van der Waals surface area contributed by atoms with Crippen LogP contribution in [0.15, 0.2) is 91.4 Å². The fraction of sp³-hybridized carbons (Fsp3) is 0.265. The van der Waals surface area contributed by atoms with Crippen molar-refractivity contribution in [1.82, 2.24) is 35.9 Å². The Balaban J connectivity index is 1.13.